The summed E-state index contributed by atoms with van der Waals surface area (Å²) in [5.74, 6) is -2.46. The van der Waals surface area contributed by atoms with Gasteiger partial charge in [-0.05, 0) is 33.6 Å². The average Bonchev–Trinajstić information content (AvgIpc) is 2.57. The van der Waals surface area contributed by atoms with Gasteiger partial charge in [-0.25, -0.2) is 8.78 Å². The number of nitrogens with zero attached hydrogens (tertiary/aromatic N) is 1. The number of methoxy groups -OCH3 is 2. The third-order valence-electron chi connectivity index (χ3n) is 3.91. The Hall–Kier alpha value is -0.960. The Morgan fingerprint density at radius 2 is 1.78 bits per heavy atom. The molecule has 8 heteroatoms. The van der Waals surface area contributed by atoms with Gasteiger partial charge in [0.15, 0.2) is 0 Å². The first-order valence-electron chi connectivity index (χ1n) is 7.29. The maximum Gasteiger partial charge on any atom is 0.289 e. The third kappa shape index (κ3) is 3.93. The summed E-state index contributed by atoms with van der Waals surface area (Å²) in [7, 11) is 2.93. The Bertz CT molecular complexity index is 514. The summed E-state index contributed by atoms with van der Waals surface area (Å²) in [6.07, 6.45) is 0. The summed E-state index contributed by atoms with van der Waals surface area (Å²) in [5, 5.41) is 12.3. The molecule has 0 unspecified atom stereocenters. The number of aliphatic hydroxyl groups is 1. The zero-order chi connectivity index (χ0) is 17.0. The molecular formula is C15H21BrF2N2O3. The fourth-order valence-corrected chi connectivity index (χ4v) is 3.35. The molecule has 1 aliphatic rings. The monoisotopic (exact) mass is 394 g/mol. The molecule has 1 aromatic rings. The van der Waals surface area contributed by atoms with E-state index in [2.05, 4.69) is 21.2 Å². The molecule has 5 nitrogen and oxygen atoms in total. The normalized spacial score (nSPS) is 17.8. The van der Waals surface area contributed by atoms with E-state index in [1.54, 1.807) is 17.0 Å². The fraction of sp³-hybridized carbons (Fsp3) is 0.600. The van der Waals surface area contributed by atoms with E-state index in [4.69, 9.17) is 9.47 Å². The number of benzene rings is 1. The number of nitrogens with one attached hydrogen (secondary N) is 1. The molecule has 0 aromatic heterocycles. The van der Waals surface area contributed by atoms with Gasteiger partial charge in [0, 0.05) is 26.2 Å². The second-order valence-corrected chi connectivity index (χ2v) is 6.14. The van der Waals surface area contributed by atoms with Gasteiger partial charge in [-0.3, -0.25) is 4.90 Å². The summed E-state index contributed by atoms with van der Waals surface area (Å²) in [5.41, 5.74) is 0.350. The summed E-state index contributed by atoms with van der Waals surface area (Å²) in [6.45, 7) is 0.982. The van der Waals surface area contributed by atoms with Crippen LogP contribution in [0.1, 0.15) is 11.6 Å². The van der Waals surface area contributed by atoms with Gasteiger partial charge in [0.2, 0.25) is 0 Å². The van der Waals surface area contributed by atoms with Crippen molar-refractivity contribution in [1.82, 2.24) is 10.2 Å². The molecule has 1 heterocycles. The molecule has 2 rings (SSSR count). The molecule has 0 spiro atoms. The SMILES string of the molecule is COc1cc([C@H](N2CCNCC2)C(F)(F)CO)cc(OC)c1Br. The zero-order valence-corrected chi connectivity index (χ0v) is 14.7. The lowest BCUT2D eigenvalue weighted by Crippen LogP contribution is -2.51. The molecule has 2 N–H and O–H groups in total. The number of hydrogen-bond acceptors (Lipinski definition) is 5. The van der Waals surface area contributed by atoms with Crippen molar-refractivity contribution in [2.75, 3.05) is 47.0 Å². The van der Waals surface area contributed by atoms with E-state index in [1.165, 1.54) is 14.2 Å². The number of hydrogen-bond donors (Lipinski definition) is 2. The molecule has 1 saturated heterocycles. The number of halogens is 3. The number of aliphatic hydroxyl groups excluding tert-OH is 1. The van der Waals surface area contributed by atoms with Crippen LogP contribution in [0.25, 0.3) is 0 Å². The smallest absolute Gasteiger partial charge is 0.289 e. The maximum atomic E-state index is 14.5. The third-order valence-corrected chi connectivity index (χ3v) is 4.69. The van der Waals surface area contributed by atoms with Gasteiger partial charge >= 0.3 is 0 Å². The zero-order valence-electron chi connectivity index (χ0n) is 13.1. The van der Waals surface area contributed by atoms with Crippen molar-refractivity contribution in [2.45, 2.75) is 12.0 Å². The van der Waals surface area contributed by atoms with Crippen molar-refractivity contribution in [2.24, 2.45) is 0 Å². The number of ether oxygens (including phenoxy) is 2. The van der Waals surface area contributed by atoms with Crippen molar-refractivity contribution in [3.05, 3.63) is 22.2 Å². The summed E-state index contributed by atoms with van der Waals surface area (Å²) in [4.78, 5) is 1.68. The Balaban J connectivity index is 2.50. The maximum absolute atomic E-state index is 14.5. The molecule has 0 amide bonds. The molecule has 0 bridgehead atoms. The van der Waals surface area contributed by atoms with Crippen molar-refractivity contribution >= 4 is 15.9 Å². The highest BCUT2D eigenvalue weighted by molar-refractivity contribution is 9.10. The minimum Gasteiger partial charge on any atom is -0.495 e. The molecule has 130 valence electrons. The second-order valence-electron chi connectivity index (χ2n) is 5.35. The summed E-state index contributed by atoms with van der Waals surface area (Å²) in [6, 6.07) is 1.87. The Morgan fingerprint density at radius 1 is 1.26 bits per heavy atom. The van der Waals surface area contributed by atoms with Gasteiger partial charge in [0.1, 0.15) is 28.6 Å². The average molecular weight is 395 g/mol. The van der Waals surface area contributed by atoms with Gasteiger partial charge in [-0.2, -0.15) is 0 Å². The standard InChI is InChI=1S/C15H21BrF2N2O3/c1-22-11-7-10(8-12(23-2)13(11)16)14(15(17,18)9-21)20-5-3-19-4-6-20/h7-8,14,19,21H,3-6,9H2,1-2H3/t14-/m0/s1. The van der Waals surface area contributed by atoms with Crippen molar-refractivity contribution < 1.29 is 23.4 Å². The van der Waals surface area contributed by atoms with Crippen LogP contribution in [0.4, 0.5) is 8.78 Å². The van der Waals surface area contributed by atoms with Crippen LogP contribution in [0.3, 0.4) is 0 Å². The van der Waals surface area contributed by atoms with Gasteiger partial charge in [0.05, 0.1) is 14.2 Å². The lowest BCUT2D eigenvalue weighted by atomic mass is 9.97. The lowest BCUT2D eigenvalue weighted by Gasteiger charge is -2.39. The van der Waals surface area contributed by atoms with E-state index < -0.39 is 18.6 Å². The van der Waals surface area contributed by atoms with E-state index in [9.17, 15) is 13.9 Å². The molecule has 1 atom stereocenters. The lowest BCUT2D eigenvalue weighted by molar-refractivity contribution is -0.118. The molecule has 0 saturated carbocycles. The number of rotatable bonds is 6. The summed E-state index contributed by atoms with van der Waals surface area (Å²) < 4.78 is 40.0. The summed E-state index contributed by atoms with van der Waals surface area (Å²) >= 11 is 3.34. The first-order chi connectivity index (χ1) is 10.9. The van der Waals surface area contributed by atoms with Crippen LogP contribution in [0.5, 0.6) is 11.5 Å². The molecule has 0 radical (unpaired) electrons. The van der Waals surface area contributed by atoms with E-state index in [0.29, 0.717) is 47.7 Å². The first kappa shape index (κ1) is 18.4. The van der Waals surface area contributed by atoms with E-state index in [-0.39, 0.29) is 0 Å². The van der Waals surface area contributed by atoms with Crippen LogP contribution in [0, 0.1) is 0 Å². The van der Waals surface area contributed by atoms with Crippen LogP contribution in [-0.2, 0) is 0 Å². The highest BCUT2D eigenvalue weighted by atomic mass is 79.9. The highest BCUT2D eigenvalue weighted by Gasteiger charge is 2.44. The minimum atomic E-state index is -3.28. The molecule has 1 aromatic carbocycles. The Kier molecular flexibility index (Phi) is 6.19. The van der Waals surface area contributed by atoms with Crippen molar-refractivity contribution in [1.29, 1.82) is 0 Å². The minimum absolute atomic E-state index is 0.350. The number of piperazine rings is 1. The first-order valence-corrected chi connectivity index (χ1v) is 8.08. The topological polar surface area (TPSA) is 54.0 Å². The second kappa shape index (κ2) is 7.74. The molecular weight excluding hydrogens is 374 g/mol. The van der Waals surface area contributed by atoms with Crippen molar-refractivity contribution in [3.63, 3.8) is 0 Å². The Labute approximate surface area is 142 Å². The number of alkyl halides is 2. The van der Waals surface area contributed by atoms with Crippen LogP contribution < -0.4 is 14.8 Å². The van der Waals surface area contributed by atoms with Gasteiger partial charge in [0.25, 0.3) is 5.92 Å². The fourth-order valence-electron chi connectivity index (χ4n) is 2.80. The van der Waals surface area contributed by atoms with Crippen LogP contribution >= 0.6 is 15.9 Å². The van der Waals surface area contributed by atoms with Gasteiger partial charge in [-0.15, -0.1) is 0 Å². The van der Waals surface area contributed by atoms with Crippen LogP contribution in [-0.4, -0.2) is 62.9 Å². The van der Waals surface area contributed by atoms with E-state index in [0.717, 1.165) is 0 Å². The molecule has 1 fully saturated rings. The molecule has 23 heavy (non-hydrogen) atoms. The Morgan fingerprint density at radius 3 is 2.22 bits per heavy atom. The van der Waals surface area contributed by atoms with Crippen molar-refractivity contribution in [3.8, 4) is 11.5 Å². The quantitative estimate of drug-likeness (QED) is 0.773. The van der Waals surface area contributed by atoms with Crippen LogP contribution in [0.15, 0.2) is 16.6 Å². The predicted molar refractivity (Wildman–Crippen MR) is 86.5 cm³/mol. The van der Waals surface area contributed by atoms with E-state index >= 15 is 0 Å². The van der Waals surface area contributed by atoms with E-state index in [1.807, 2.05) is 0 Å². The molecule has 0 aliphatic carbocycles. The largest absolute Gasteiger partial charge is 0.495 e. The van der Waals surface area contributed by atoms with Gasteiger partial charge < -0.3 is 19.9 Å². The predicted octanol–water partition coefficient (Wildman–Crippen LogP) is 2.04. The highest BCUT2D eigenvalue weighted by Crippen LogP contribution is 2.43. The molecule has 1 aliphatic heterocycles. The van der Waals surface area contributed by atoms with Crippen LogP contribution in [0.2, 0.25) is 0 Å². The van der Waals surface area contributed by atoms with Gasteiger partial charge in [-0.1, -0.05) is 0 Å².